The summed E-state index contributed by atoms with van der Waals surface area (Å²) >= 11 is 0. The van der Waals surface area contributed by atoms with Gasteiger partial charge in [-0.25, -0.2) is 0 Å². The smallest absolute Gasteiger partial charge is 0.263 e. The fraction of sp³-hybridized carbons (Fsp3) is 0.556. The van der Waals surface area contributed by atoms with Crippen molar-refractivity contribution in [2.45, 2.75) is 58.1 Å². The molecule has 118 valence electrons. The molecule has 2 rings (SSSR count). The zero-order valence-electron chi connectivity index (χ0n) is 13.4. The van der Waals surface area contributed by atoms with Crippen molar-refractivity contribution in [2.24, 2.45) is 0 Å². The SMILES string of the molecule is CCN(C(=O)C(C)Oc1cccc(C#N)c1)C1CCCCC1. The van der Waals surface area contributed by atoms with Gasteiger partial charge in [-0.05, 0) is 44.9 Å². The Hall–Kier alpha value is -2.02. The molecule has 1 unspecified atom stereocenters. The molecule has 4 heteroatoms. The molecule has 1 fully saturated rings. The van der Waals surface area contributed by atoms with E-state index in [9.17, 15) is 4.79 Å². The lowest BCUT2D eigenvalue weighted by Crippen LogP contribution is -2.47. The van der Waals surface area contributed by atoms with Crippen molar-refractivity contribution in [3.05, 3.63) is 29.8 Å². The first-order chi connectivity index (χ1) is 10.7. The van der Waals surface area contributed by atoms with Crippen molar-refractivity contribution in [2.75, 3.05) is 6.54 Å². The Labute approximate surface area is 132 Å². The van der Waals surface area contributed by atoms with Crippen molar-refractivity contribution in [3.63, 3.8) is 0 Å². The second-order valence-electron chi connectivity index (χ2n) is 5.82. The number of benzene rings is 1. The first kappa shape index (κ1) is 16.4. The van der Waals surface area contributed by atoms with Gasteiger partial charge in [-0.1, -0.05) is 25.3 Å². The van der Waals surface area contributed by atoms with Crippen molar-refractivity contribution in [1.29, 1.82) is 5.26 Å². The largest absolute Gasteiger partial charge is 0.481 e. The average Bonchev–Trinajstić information content (AvgIpc) is 2.56. The molecule has 1 saturated carbocycles. The van der Waals surface area contributed by atoms with Crippen LogP contribution >= 0.6 is 0 Å². The van der Waals surface area contributed by atoms with E-state index >= 15 is 0 Å². The Morgan fingerprint density at radius 2 is 2.14 bits per heavy atom. The Kier molecular flexibility index (Phi) is 5.83. The second kappa shape index (κ2) is 7.84. The molecule has 0 radical (unpaired) electrons. The van der Waals surface area contributed by atoms with Crippen LogP contribution in [-0.2, 0) is 4.79 Å². The predicted molar refractivity (Wildman–Crippen MR) is 85.5 cm³/mol. The molecule has 1 aliphatic rings. The molecule has 1 aliphatic carbocycles. The van der Waals surface area contributed by atoms with Crippen LogP contribution in [0.25, 0.3) is 0 Å². The number of hydrogen-bond donors (Lipinski definition) is 0. The molecule has 1 aromatic carbocycles. The normalized spacial score (nSPS) is 16.6. The predicted octanol–water partition coefficient (Wildman–Crippen LogP) is 3.51. The van der Waals surface area contributed by atoms with E-state index in [1.807, 2.05) is 11.8 Å². The van der Waals surface area contributed by atoms with Crippen molar-refractivity contribution >= 4 is 5.91 Å². The minimum atomic E-state index is -0.532. The first-order valence-corrected chi connectivity index (χ1v) is 8.13. The molecule has 0 heterocycles. The second-order valence-corrected chi connectivity index (χ2v) is 5.82. The molecule has 1 amide bonds. The van der Waals surface area contributed by atoms with Crippen LogP contribution in [0.15, 0.2) is 24.3 Å². The highest BCUT2D eigenvalue weighted by molar-refractivity contribution is 5.81. The standard InChI is InChI=1S/C18H24N2O2/c1-3-20(16-9-5-4-6-10-16)18(21)14(2)22-17-11-7-8-15(12-17)13-19/h7-8,11-12,14,16H,3-6,9-10H2,1-2H3. The summed E-state index contributed by atoms with van der Waals surface area (Å²) in [7, 11) is 0. The molecule has 0 bridgehead atoms. The Balaban J connectivity index is 2.01. The van der Waals surface area contributed by atoms with Gasteiger partial charge in [0.15, 0.2) is 6.10 Å². The summed E-state index contributed by atoms with van der Waals surface area (Å²) in [6.07, 6.45) is 5.33. The van der Waals surface area contributed by atoms with Crippen LogP contribution in [0.3, 0.4) is 0 Å². The van der Waals surface area contributed by atoms with E-state index in [1.165, 1.54) is 19.3 Å². The van der Waals surface area contributed by atoms with E-state index in [0.717, 1.165) is 19.4 Å². The highest BCUT2D eigenvalue weighted by Gasteiger charge is 2.28. The van der Waals surface area contributed by atoms with Gasteiger partial charge >= 0.3 is 0 Å². The summed E-state index contributed by atoms with van der Waals surface area (Å²) in [4.78, 5) is 14.6. The molecule has 0 aromatic heterocycles. The third-order valence-corrected chi connectivity index (χ3v) is 4.26. The summed E-state index contributed by atoms with van der Waals surface area (Å²) < 4.78 is 5.75. The van der Waals surface area contributed by atoms with Crippen LogP contribution < -0.4 is 4.74 Å². The fourth-order valence-corrected chi connectivity index (χ4v) is 3.11. The topological polar surface area (TPSA) is 53.3 Å². The lowest BCUT2D eigenvalue weighted by Gasteiger charge is -2.35. The molecule has 0 spiro atoms. The van der Waals surface area contributed by atoms with E-state index in [-0.39, 0.29) is 5.91 Å². The molecule has 0 N–H and O–H groups in total. The minimum absolute atomic E-state index is 0.0387. The maximum Gasteiger partial charge on any atom is 0.263 e. The van der Waals surface area contributed by atoms with Crippen LogP contribution in [0, 0.1) is 11.3 Å². The van der Waals surface area contributed by atoms with E-state index in [0.29, 0.717) is 17.4 Å². The van der Waals surface area contributed by atoms with Crippen LogP contribution in [0.5, 0.6) is 5.75 Å². The average molecular weight is 300 g/mol. The highest BCUT2D eigenvalue weighted by Crippen LogP contribution is 2.24. The van der Waals surface area contributed by atoms with Gasteiger partial charge in [-0.3, -0.25) is 4.79 Å². The maximum absolute atomic E-state index is 12.7. The van der Waals surface area contributed by atoms with Gasteiger partial charge in [-0.15, -0.1) is 0 Å². The lowest BCUT2D eigenvalue weighted by atomic mass is 9.94. The van der Waals surface area contributed by atoms with Gasteiger partial charge in [-0.2, -0.15) is 5.26 Å². The summed E-state index contributed by atoms with van der Waals surface area (Å²) in [5.74, 6) is 0.608. The number of hydrogen-bond acceptors (Lipinski definition) is 3. The number of amides is 1. The summed E-state index contributed by atoms with van der Waals surface area (Å²) in [6, 6.07) is 9.37. The van der Waals surface area contributed by atoms with Crippen molar-refractivity contribution in [1.82, 2.24) is 4.90 Å². The third kappa shape index (κ3) is 4.00. The third-order valence-electron chi connectivity index (χ3n) is 4.26. The van der Waals surface area contributed by atoms with Gasteiger partial charge < -0.3 is 9.64 Å². The molecular formula is C18H24N2O2. The van der Waals surface area contributed by atoms with Gasteiger partial charge in [0.2, 0.25) is 0 Å². The maximum atomic E-state index is 12.7. The summed E-state index contributed by atoms with van der Waals surface area (Å²) in [5, 5.41) is 8.92. The monoisotopic (exact) mass is 300 g/mol. The van der Waals surface area contributed by atoms with Gasteiger partial charge in [0.25, 0.3) is 5.91 Å². The number of nitriles is 1. The van der Waals surface area contributed by atoms with Crippen LogP contribution in [0.2, 0.25) is 0 Å². The molecule has 22 heavy (non-hydrogen) atoms. The van der Waals surface area contributed by atoms with Crippen molar-refractivity contribution < 1.29 is 9.53 Å². The van der Waals surface area contributed by atoms with Gasteiger partial charge in [0.1, 0.15) is 5.75 Å². The first-order valence-electron chi connectivity index (χ1n) is 8.13. The van der Waals surface area contributed by atoms with Gasteiger partial charge in [0, 0.05) is 12.6 Å². The Morgan fingerprint density at radius 3 is 2.77 bits per heavy atom. The summed E-state index contributed by atoms with van der Waals surface area (Å²) in [6.45, 7) is 4.53. The minimum Gasteiger partial charge on any atom is -0.481 e. The number of likely N-dealkylation sites (N-methyl/N-ethyl adjacent to an activating group) is 1. The summed E-state index contributed by atoms with van der Waals surface area (Å²) in [5.41, 5.74) is 0.539. The molecule has 1 aromatic rings. The molecule has 1 atom stereocenters. The van der Waals surface area contributed by atoms with Crippen LogP contribution in [0.4, 0.5) is 0 Å². The Bertz CT molecular complexity index is 544. The molecular weight excluding hydrogens is 276 g/mol. The van der Waals surface area contributed by atoms with Gasteiger partial charge in [0.05, 0.1) is 11.6 Å². The molecule has 4 nitrogen and oxygen atoms in total. The number of nitrogens with zero attached hydrogens (tertiary/aromatic N) is 2. The van der Waals surface area contributed by atoms with E-state index < -0.39 is 6.10 Å². The van der Waals surface area contributed by atoms with E-state index in [2.05, 4.69) is 6.07 Å². The number of carbonyl (C=O) groups is 1. The number of carbonyl (C=O) groups excluding carboxylic acids is 1. The van der Waals surface area contributed by atoms with Crippen LogP contribution in [0.1, 0.15) is 51.5 Å². The molecule has 0 saturated heterocycles. The quantitative estimate of drug-likeness (QED) is 0.836. The zero-order valence-corrected chi connectivity index (χ0v) is 13.4. The van der Waals surface area contributed by atoms with E-state index in [4.69, 9.17) is 10.00 Å². The number of rotatable bonds is 5. The lowest BCUT2D eigenvalue weighted by molar-refractivity contribution is -0.140. The fourth-order valence-electron chi connectivity index (χ4n) is 3.11. The van der Waals surface area contributed by atoms with Crippen LogP contribution in [-0.4, -0.2) is 29.5 Å². The van der Waals surface area contributed by atoms with E-state index in [1.54, 1.807) is 31.2 Å². The Morgan fingerprint density at radius 1 is 1.41 bits per heavy atom. The zero-order chi connectivity index (χ0) is 15.9. The molecule has 0 aliphatic heterocycles. The highest BCUT2D eigenvalue weighted by atomic mass is 16.5. The number of ether oxygens (including phenoxy) is 1. The van der Waals surface area contributed by atoms with Crippen molar-refractivity contribution in [3.8, 4) is 11.8 Å².